The Balaban J connectivity index is 1.62. The molecule has 7 heteroatoms. The lowest BCUT2D eigenvalue weighted by molar-refractivity contribution is 0.0601. The van der Waals surface area contributed by atoms with Crippen LogP contribution in [0.3, 0.4) is 0 Å². The van der Waals surface area contributed by atoms with Crippen LogP contribution in [-0.2, 0) is 11.3 Å². The zero-order valence-corrected chi connectivity index (χ0v) is 15.8. The second kappa shape index (κ2) is 7.70. The average Bonchev–Trinajstić information content (AvgIpc) is 3.11. The summed E-state index contributed by atoms with van der Waals surface area (Å²) in [7, 11) is 1.31. The van der Waals surface area contributed by atoms with Crippen molar-refractivity contribution in [2.45, 2.75) is 6.54 Å². The van der Waals surface area contributed by atoms with E-state index < -0.39 is 5.97 Å². The number of carbonyl (C=O) groups excluding carboxylic acids is 1. The number of anilines is 2. The van der Waals surface area contributed by atoms with Crippen LogP contribution in [0.25, 0.3) is 10.9 Å². The summed E-state index contributed by atoms with van der Waals surface area (Å²) in [5.41, 5.74) is 3.36. The van der Waals surface area contributed by atoms with Crippen LogP contribution in [0.5, 0.6) is 0 Å². The van der Waals surface area contributed by atoms with Gasteiger partial charge in [0.15, 0.2) is 11.0 Å². The van der Waals surface area contributed by atoms with Gasteiger partial charge in [-0.3, -0.25) is 0 Å². The number of rotatable bonds is 5. The molecule has 0 atom stereocenters. The fraction of sp³-hybridized carbons (Fsp3) is 0.0952. The molecule has 28 heavy (non-hydrogen) atoms. The van der Waals surface area contributed by atoms with Crippen LogP contribution < -0.4 is 5.32 Å². The van der Waals surface area contributed by atoms with E-state index in [1.807, 2.05) is 36.4 Å². The van der Waals surface area contributed by atoms with E-state index in [-0.39, 0.29) is 10.7 Å². The molecule has 4 aromatic rings. The van der Waals surface area contributed by atoms with Crippen molar-refractivity contribution < 1.29 is 9.53 Å². The summed E-state index contributed by atoms with van der Waals surface area (Å²) in [6.07, 6.45) is 2.06. The van der Waals surface area contributed by atoms with Crippen molar-refractivity contribution >= 4 is 40.0 Å². The number of nitrogens with zero attached hydrogens (tertiary/aromatic N) is 3. The van der Waals surface area contributed by atoms with Crippen LogP contribution in [-0.4, -0.2) is 27.8 Å². The van der Waals surface area contributed by atoms with Crippen molar-refractivity contribution in [3.05, 3.63) is 83.1 Å². The van der Waals surface area contributed by atoms with Gasteiger partial charge < -0.3 is 14.6 Å². The first-order valence-corrected chi connectivity index (χ1v) is 9.03. The van der Waals surface area contributed by atoms with Gasteiger partial charge in [-0.2, -0.15) is 0 Å². The van der Waals surface area contributed by atoms with Gasteiger partial charge in [-0.1, -0.05) is 41.9 Å². The van der Waals surface area contributed by atoms with E-state index in [4.69, 9.17) is 16.3 Å². The third-order valence-corrected chi connectivity index (χ3v) is 4.58. The minimum Gasteiger partial charge on any atom is -0.465 e. The van der Waals surface area contributed by atoms with Crippen LogP contribution in [0, 0.1) is 0 Å². The first-order valence-electron chi connectivity index (χ1n) is 8.65. The molecule has 0 radical (unpaired) electrons. The number of hydrogen-bond donors (Lipinski definition) is 1. The molecule has 0 aliphatic carbocycles. The Labute approximate surface area is 166 Å². The Morgan fingerprint density at radius 2 is 1.93 bits per heavy atom. The maximum Gasteiger partial charge on any atom is 0.341 e. The van der Waals surface area contributed by atoms with Crippen LogP contribution in [0.15, 0.2) is 66.9 Å². The van der Waals surface area contributed by atoms with Gasteiger partial charge in [0.2, 0.25) is 0 Å². The van der Waals surface area contributed by atoms with E-state index in [1.165, 1.54) is 18.7 Å². The summed E-state index contributed by atoms with van der Waals surface area (Å²) in [6, 6.07) is 19.7. The van der Waals surface area contributed by atoms with Gasteiger partial charge in [0.25, 0.3) is 0 Å². The van der Waals surface area contributed by atoms with Gasteiger partial charge >= 0.3 is 5.97 Å². The lowest BCUT2D eigenvalue weighted by Crippen LogP contribution is -2.08. The fourth-order valence-corrected chi connectivity index (χ4v) is 3.21. The van der Waals surface area contributed by atoms with Crippen molar-refractivity contribution in [1.82, 2.24) is 14.8 Å². The smallest absolute Gasteiger partial charge is 0.341 e. The molecular weight excluding hydrogens is 376 g/mol. The topological polar surface area (TPSA) is 69.0 Å². The van der Waals surface area contributed by atoms with Crippen LogP contribution >= 0.6 is 11.6 Å². The van der Waals surface area contributed by atoms with Crippen LogP contribution in [0.4, 0.5) is 11.5 Å². The van der Waals surface area contributed by atoms with Crippen molar-refractivity contribution in [3.8, 4) is 0 Å². The molecule has 0 aliphatic heterocycles. The summed E-state index contributed by atoms with van der Waals surface area (Å²) >= 11 is 5.86. The summed E-state index contributed by atoms with van der Waals surface area (Å²) in [5.74, 6) is -0.242. The van der Waals surface area contributed by atoms with E-state index in [9.17, 15) is 4.79 Å². The maximum absolute atomic E-state index is 12.0. The molecule has 0 saturated heterocycles. The third-order valence-electron chi connectivity index (χ3n) is 4.40. The Kier molecular flexibility index (Phi) is 4.95. The van der Waals surface area contributed by atoms with E-state index in [2.05, 4.69) is 44.5 Å². The summed E-state index contributed by atoms with van der Waals surface area (Å²) in [4.78, 5) is 12.0. The minimum atomic E-state index is -0.533. The standard InChI is InChI=1S/C21H17ClN4O2/c1-28-21(27)17-12-19(22)24-25-20(17)23-16-7-8-18-15(11-16)9-10-26(18)13-14-5-3-2-4-6-14/h2-12H,13H2,1H3,(H,23,25). The van der Waals surface area contributed by atoms with Gasteiger partial charge in [0.05, 0.1) is 7.11 Å². The zero-order chi connectivity index (χ0) is 19.5. The summed E-state index contributed by atoms with van der Waals surface area (Å²) in [6.45, 7) is 0.798. The summed E-state index contributed by atoms with van der Waals surface area (Å²) < 4.78 is 6.98. The molecule has 0 fully saturated rings. The molecule has 4 rings (SSSR count). The highest BCUT2D eigenvalue weighted by atomic mass is 35.5. The molecule has 0 saturated carbocycles. The minimum absolute atomic E-state index is 0.124. The van der Waals surface area contributed by atoms with Crippen LogP contribution in [0.1, 0.15) is 15.9 Å². The second-order valence-corrected chi connectivity index (χ2v) is 6.64. The molecule has 1 N–H and O–H groups in total. The number of fused-ring (bicyclic) bond motifs is 1. The molecule has 6 nitrogen and oxygen atoms in total. The highest BCUT2D eigenvalue weighted by molar-refractivity contribution is 6.29. The predicted octanol–water partition coefficient (Wildman–Crippen LogP) is 4.66. The van der Waals surface area contributed by atoms with E-state index in [1.54, 1.807) is 0 Å². The monoisotopic (exact) mass is 392 g/mol. The van der Waals surface area contributed by atoms with Crippen molar-refractivity contribution in [2.75, 3.05) is 12.4 Å². The van der Waals surface area contributed by atoms with Crippen molar-refractivity contribution in [2.24, 2.45) is 0 Å². The Morgan fingerprint density at radius 1 is 1.11 bits per heavy atom. The first kappa shape index (κ1) is 18.0. The van der Waals surface area contributed by atoms with Gasteiger partial charge in [-0.25, -0.2) is 4.79 Å². The highest BCUT2D eigenvalue weighted by Crippen LogP contribution is 2.25. The Hall–Kier alpha value is -3.38. The number of hydrogen-bond acceptors (Lipinski definition) is 5. The number of esters is 1. The number of halogens is 1. The molecule has 0 spiro atoms. The number of methoxy groups -OCH3 is 1. The quantitative estimate of drug-likeness (QED) is 0.500. The average molecular weight is 393 g/mol. The van der Waals surface area contributed by atoms with Crippen LogP contribution in [0.2, 0.25) is 5.15 Å². The third kappa shape index (κ3) is 3.68. The van der Waals surface area contributed by atoms with Crippen molar-refractivity contribution in [1.29, 1.82) is 0 Å². The molecule has 140 valence electrons. The van der Waals surface area contributed by atoms with E-state index in [0.717, 1.165) is 23.1 Å². The molecule has 0 amide bonds. The lowest BCUT2D eigenvalue weighted by atomic mass is 10.2. The molecule has 0 unspecified atom stereocenters. The SMILES string of the molecule is COC(=O)c1cc(Cl)nnc1Nc1ccc2c(ccn2Cc2ccccc2)c1. The molecule has 2 aromatic carbocycles. The molecule has 2 aromatic heterocycles. The summed E-state index contributed by atoms with van der Waals surface area (Å²) in [5, 5.41) is 12.1. The lowest BCUT2D eigenvalue weighted by Gasteiger charge is -2.10. The Bertz CT molecular complexity index is 1140. The molecule has 0 bridgehead atoms. The first-order chi connectivity index (χ1) is 13.6. The van der Waals surface area contributed by atoms with Gasteiger partial charge in [0.1, 0.15) is 5.56 Å². The largest absolute Gasteiger partial charge is 0.465 e. The maximum atomic E-state index is 12.0. The number of carbonyl (C=O) groups is 1. The zero-order valence-electron chi connectivity index (χ0n) is 15.1. The number of aromatic nitrogens is 3. The Morgan fingerprint density at radius 3 is 2.71 bits per heavy atom. The van der Waals surface area contributed by atoms with Gasteiger partial charge in [-0.15, -0.1) is 10.2 Å². The number of ether oxygens (including phenoxy) is 1. The second-order valence-electron chi connectivity index (χ2n) is 6.25. The number of nitrogens with one attached hydrogen (secondary N) is 1. The van der Waals surface area contributed by atoms with Gasteiger partial charge in [0, 0.05) is 29.3 Å². The van der Waals surface area contributed by atoms with E-state index in [0.29, 0.717) is 5.82 Å². The predicted molar refractivity (Wildman–Crippen MR) is 109 cm³/mol. The normalized spacial score (nSPS) is 10.8. The molecular formula is C21H17ClN4O2. The van der Waals surface area contributed by atoms with E-state index >= 15 is 0 Å². The van der Waals surface area contributed by atoms with Crippen molar-refractivity contribution in [3.63, 3.8) is 0 Å². The number of benzene rings is 2. The molecule has 2 heterocycles. The van der Waals surface area contributed by atoms with Gasteiger partial charge in [-0.05, 0) is 35.9 Å². The molecule has 0 aliphatic rings. The fourth-order valence-electron chi connectivity index (χ4n) is 3.06. The highest BCUT2D eigenvalue weighted by Gasteiger charge is 2.15.